The maximum absolute atomic E-state index is 10.9. The van der Waals surface area contributed by atoms with Gasteiger partial charge in [-0.25, -0.2) is 9.78 Å². The van der Waals surface area contributed by atoms with Crippen LogP contribution in [0.4, 0.5) is 5.69 Å². The molecule has 4 aromatic rings. The summed E-state index contributed by atoms with van der Waals surface area (Å²) in [6, 6.07) is 22.9. The van der Waals surface area contributed by atoms with Gasteiger partial charge in [-0.05, 0) is 42.0 Å². The smallest absolute Gasteiger partial charge is 0.335 e. The number of aromatic amines is 1. The highest BCUT2D eigenvalue weighted by molar-refractivity contribution is 5.87. The third kappa shape index (κ3) is 3.28. The fraction of sp³-hybridized carbons (Fsp3) is 0.0476. The first-order valence-electron chi connectivity index (χ1n) is 8.30. The van der Waals surface area contributed by atoms with Gasteiger partial charge in [0.25, 0.3) is 0 Å². The Morgan fingerprint density at radius 3 is 2.58 bits per heavy atom. The van der Waals surface area contributed by atoms with Crippen molar-refractivity contribution in [2.45, 2.75) is 6.54 Å². The van der Waals surface area contributed by atoms with E-state index < -0.39 is 5.97 Å². The molecule has 0 aliphatic heterocycles. The molecule has 1 heterocycles. The highest BCUT2D eigenvalue weighted by Crippen LogP contribution is 2.23. The quantitative estimate of drug-likeness (QED) is 0.497. The average molecular weight is 343 g/mol. The summed E-state index contributed by atoms with van der Waals surface area (Å²) in [5, 5.41) is 12.3. The topological polar surface area (TPSA) is 78.0 Å². The van der Waals surface area contributed by atoms with Gasteiger partial charge in [0, 0.05) is 17.8 Å². The average Bonchev–Trinajstić information content (AvgIpc) is 3.11. The first-order chi connectivity index (χ1) is 12.7. The zero-order valence-corrected chi connectivity index (χ0v) is 13.9. The van der Waals surface area contributed by atoms with Crippen LogP contribution in [0.2, 0.25) is 0 Å². The van der Waals surface area contributed by atoms with Crippen LogP contribution >= 0.6 is 0 Å². The van der Waals surface area contributed by atoms with Crippen molar-refractivity contribution in [2.24, 2.45) is 0 Å². The van der Waals surface area contributed by atoms with Crippen molar-refractivity contribution in [3.63, 3.8) is 0 Å². The molecule has 0 aliphatic rings. The van der Waals surface area contributed by atoms with E-state index in [1.807, 2.05) is 60.7 Å². The largest absolute Gasteiger partial charge is 0.478 e. The summed E-state index contributed by atoms with van der Waals surface area (Å²) < 4.78 is 0. The van der Waals surface area contributed by atoms with Crippen LogP contribution in [0, 0.1) is 0 Å². The number of anilines is 1. The van der Waals surface area contributed by atoms with Crippen LogP contribution in [0.5, 0.6) is 0 Å². The van der Waals surface area contributed by atoms with Crippen LogP contribution < -0.4 is 5.32 Å². The number of carbonyl (C=O) groups is 1. The van der Waals surface area contributed by atoms with Crippen molar-refractivity contribution in [1.29, 1.82) is 0 Å². The van der Waals surface area contributed by atoms with Gasteiger partial charge in [-0.3, -0.25) is 0 Å². The molecule has 0 spiro atoms. The van der Waals surface area contributed by atoms with Crippen LogP contribution in [0.15, 0.2) is 72.8 Å². The van der Waals surface area contributed by atoms with Crippen molar-refractivity contribution in [3.8, 4) is 11.4 Å². The molecule has 0 saturated heterocycles. The summed E-state index contributed by atoms with van der Waals surface area (Å²) in [5.74, 6) is -0.0799. The molecular weight excluding hydrogens is 326 g/mol. The Morgan fingerprint density at radius 2 is 1.81 bits per heavy atom. The molecule has 0 bridgehead atoms. The van der Waals surface area contributed by atoms with Crippen molar-refractivity contribution >= 4 is 22.7 Å². The number of hydrogen-bond donors (Lipinski definition) is 3. The minimum atomic E-state index is -0.914. The van der Waals surface area contributed by atoms with Crippen LogP contribution in [0.3, 0.4) is 0 Å². The standard InChI is InChI=1S/C21H17N3O2/c25-21(26)15-10-8-14(9-11-15)13-22-17-5-3-4-16(12-17)20-23-18-6-1-2-7-19(18)24-20/h1-12,22H,13H2,(H,23,24)(H,25,26). The van der Waals surface area contributed by atoms with Crippen molar-refractivity contribution in [2.75, 3.05) is 5.32 Å². The predicted molar refractivity (Wildman–Crippen MR) is 102 cm³/mol. The van der Waals surface area contributed by atoms with E-state index >= 15 is 0 Å². The van der Waals surface area contributed by atoms with Gasteiger partial charge in [0.05, 0.1) is 16.6 Å². The minimum Gasteiger partial charge on any atom is -0.478 e. The highest BCUT2D eigenvalue weighted by Gasteiger charge is 2.06. The van der Waals surface area contributed by atoms with Gasteiger partial charge >= 0.3 is 5.97 Å². The Bertz CT molecular complexity index is 1040. The van der Waals surface area contributed by atoms with Crippen molar-refractivity contribution in [1.82, 2.24) is 9.97 Å². The number of nitrogens with one attached hydrogen (secondary N) is 2. The van der Waals surface area contributed by atoms with E-state index in [4.69, 9.17) is 5.11 Å². The number of benzene rings is 3. The summed E-state index contributed by atoms with van der Waals surface area (Å²) in [4.78, 5) is 18.9. The monoisotopic (exact) mass is 343 g/mol. The molecule has 1 aromatic heterocycles. The summed E-state index contributed by atoms with van der Waals surface area (Å²) in [6.07, 6.45) is 0. The zero-order valence-electron chi connectivity index (χ0n) is 13.9. The van der Waals surface area contributed by atoms with Gasteiger partial charge in [-0.15, -0.1) is 0 Å². The van der Waals surface area contributed by atoms with Gasteiger partial charge in [0.1, 0.15) is 5.82 Å². The SMILES string of the molecule is O=C(O)c1ccc(CNc2cccc(-c3nc4ccccc4[nH]3)c2)cc1. The Kier molecular flexibility index (Phi) is 4.11. The third-order valence-corrected chi connectivity index (χ3v) is 4.22. The number of H-pyrrole nitrogens is 1. The fourth-order valence-corrected chi connectivity index (χ4v) is 2.84. The molecule has 0 aliphatic carbocycles. The van der Waals surface area contributed by atoms with E-state index in [9.17, 15) is 4.79 Å². The number of aromatic nitrogens is 2. The lowest BCUT2D eigenvalue weighted by molar-refractivity contribution is 0.0697. The first-order valence-corrected chi connectivity index (χ1v) is 8.30. The summed E-state index contributed by atoms with van der Waals surface area (Å²) in [6.45, 7) is 0.615. The molecular formula is C21H17N3O2. The molecule has 0 saturated carbocycles. The number of carboxylic acids is 1. The molecule has 0 radical (unpaired) electrons. The number of rotatable bonds is 5. The second kappa shape index (κ2) is 6.72. The molecule has 3 aromatic carbocycles. The normalized spacial score (nSPS) is 10.8. The third-order valence-electron chi connectivity index (χ3n) is 4.22. The lowest BCUT2D eigenvalue weighted by Gasteiger charge is -2.08. The van der Waals surface area contributed by atoms with Gasteiger partial charge in [-0.1, -0.05) is 36.4 Å². The summed E-state index contributed by atoms with van der Waals surface area (Å²) in [7, 11) is 0. The second-order valence-electron chi connectivity index (χ2n) is 6.04. The highest BCUT2D eigenvalue weighted by atomic mass is 16.4. The number of para-hydroxylation sites is 2. The maximum atomic E-state index is 10.9. The number of carboxylic acid groups (broad SMARTS) is 1. The van der Waals surface area contributed by atoms with Crippen LogP contribution in [-0.4, -0.2) is 21.0 Å². The van der Waals surface area contributed by atoms with Crippen molar-refractivity contribution < 1.29 is 9.90 Å². The molecule has 3 N–H and O–H groups in total. The summed E-state index contributed by atoms with van der Waals surface area (Å²) >= 11 is 0. The molecule has 0 atom stereocenters. The number of nitrogens with zero attached hydrogens (tertiary/aromatic N) is 1. The minimum absolute atomic E-state index is 0.292. The molecule has 0 unspecified atom stereocenters. The van der Waals surface area contributed by atoms with Gasteiger partial charge in [0.2, 0.25) is 0 Å². The number of aromatic carboxylic acids is 1. The maximum Gasteiger partial charge on any atom is 0.335 e. The van der Waals surface area contributed by atoms with Crippen LogP contribution in [0.25, 0.3) is 22.4 Å². The molecule has 0 fully saturated rings. The summed E-state index contributed by atoms with van der Waals surface area (Å²) in [5.41, 5.74) is 5.25. The molecule has 0 amide bonds. The number of fused-ring (bicyclic) bond motifs is 1. The van der Waals surface area contributed by atoms with E-state index in [-0.39, 0.29) is 0 Å². The van der Waals surface area contributed by atoms with E-state index in [1.165, 1.54) is 0 Å². The molecule has 5 heteroatoms. The Morgan fingerprint density at radius 1 is 1.00 bits per heavy atom. The van der Waals surface area contributed by atoms with E-state index in [1.54, 1.807) is 12.1 Å². The first kappa shape index (κ1) is 15.9. The molecule has 4 rings (SSSR count). The Labute approximate surface area is 150 Å². The van der Waals surface area contributed by atoms with Crippen molar-refractivity contribution in [3.05, 3.63) is 83.9 Å². The van der Waals surface area contributed by atoms with Gasteiger partial charge in [-0.2, -0.15) is 0 Å². The van der Waals surface area contributed by atoms with E-state index in [0.717, 1.165) is 33.7 Å². The van der Waals surface area contributed by atoms with Gasteiger partial charge < -0.3 is 15.4 Å². The number of imidazole rings is 1. The fourth-order valence-electron chi connectivity index (χ4n) is 2.84. The zero-order chi connectivity index (χ0) is 17.9. The Balaban J connectivity index is 1.51. The number of hydrogen-bond acceptors (Lipinski definition) is 3. The van der Waals surface area contributed by atoms with Gasteiger partial charge in [0.15, 0.2) is 0 Å². The molecule has 26 heavy (non-hydrogen) atoms. The molecule has 5 nitrogen and oxygen atoms in total. The lowest BCUT2D eigenvalue weighted by atomic mass is 10.1. The van der Waals surface area contributed by atoms with E-state index in [0.29, 0.717) is 12.1 Å². The van der Waals surface area contributed by atoms with E-state index in [2.05, 4.69) is 15.3 Å². The van der Waals surface area contributed by atoms with Crippen LogP contribution in [0.1, 0.15) is 15.9 Å². The predicted octanol–water partition coefficient (Wildman–Crippen LogP) is 4.54. The molecule has 128 valence electrons. The lowest BCUT2D eigenvalue weighted by Crippen LogP contribution is -2.01. The van der Waals surface area contributed by atoms with Crippen LogP contribution in [-0.2, 0) is 6.54 Å². The Hall–Kier alpha value is -3.60. The second-order valence-corrected chi connectivity index (χ2v) is 6.04.